The quantitative estimate of drug-likeness (QED) is 0.591. The van der Waals surface area contributed by atoms with Crippen molar-refractivity contribution in [2.24, 2.45) is 0 Å². The van der Waals surface area contributed by atoms with Crippen LogP contribution < -0.4 is 19.4 Å². The lowest BCUT2D eigenvalue weighted by Crippen LogP contribution is -2.41. The van der Waals surface area contributed by atoms with Gasteiger partial charge in [0.25, 0.3) is 0 Å². The Morgan fingerprint density at radius 2 is 1.90 bits per heavy atom. The smallest absolute Gasteiger partial charge is 0.537 e. The summed E-state index contributed by atoms with van der Waals surface area (Å²) in [7, 11) is 3.09. The molecule has 1 aromatic heterocycles. The minimum atomic E-state index is -1.23. The average molecular weight is 290 g/mol. The Morgan fingerprint density at radius 3 is 2.15 bits per heavy atom. The highest BCUT2D eigenvalue weighted by atomic mass is 16.7. The summed E-state index contributed by atoms with van der Waals surface area (Å²) in [6, 6.07) is 2.19. The molecule has 9 nitrogen and oxygen atoms in total. The van der Waals surface area contributed by atoms with Gasteiger partial charge in [-0.3, -0.25) is 0 Å². The van der Waals surface area contributed by atoms with Crippen molar-refractivity contribution in [2.45, 2.75) is 20.0 Å². The molecular weight excluding hydrogens is 272 g/mol. The van der Waals surface area contributed by atoms with Gasteiger partial charge >= 0.3 is 12.0 Å². The highest BCUT2D eigenvalue weighted by Crippen LogP contribution is 1.90. The molecule has 0 aliphatic heterocycles. The second kappa shape index (κ2) is 11.7. The minimum absolute atomic E-state index is 0.435. The van der Waals surface area contributed by atoms with E-state index in [0.29, 0.717) is 6.01 Å². The van der Waals surface area contributed by atoms with E-state index >= 15 is 0 Å². The van der Waals surface area contributed by atoms with Crippen LogP contribution in [0.5, 0.6) is 6.01 Å². The summed E-state index contributed by atoms with van der Waals surface area (Å²) in [6.45, 7) is 2.17. The van der Waals surface area contributed by atoms with Gasteiger partial charge in [-0.15, -0.1) is 0 Å². The molecule has 1 unspecified atom stereocenters. The first-order valence-corrected chi connectivity index (χ1v) is 5.29. The van der Waals surface area contributed by atoms with Gasteiger partial charge in [-0.05, 0) is 23.6 Å². The van der Waals surface area contributed by atoms with E-state index in [2.05, 4.69) is 4.98 Å². The van der Waals surface area contributed by atoms with E-state index in [9.17, 15) is 4.79 Å². The molecule has 1 aromatic rings. The molecule has 0 aliphatic carbocycles. The minimum Gasteiger partial charge on any atom is -0.550 e. The van der Waals surface area contributed by atoms with Crippen molar-refractivity contribution in [3.05, 3.63) is 18.5 Å². The normalized spacial score (nSPS) is 9.85. The Kier molecular flexibility index (Phi) is 11.6. The lowest BCUT2D eigenvalue weighted by atomic mass is 10.4. The number of nitrogens with zero attached hydrogens (tertiary/aromatic N) is 2. The predicted octanol–water partition coefficient (Wildman–Crippen LogP) is -2.36. The third-order valence-corrected chi connectivity index (χ3v) is 1.42. The topological polar surface area (TPSA) is 133 Å². The molecule has 1 heterocycles. The Morgan fingerprint density at radius 1 is 1.45 bits per heavy atom. The monoisotopic (exact) mass is 290 g/mol. The maximum absolute atomic E-state index is 9.45. The molecule has 0 bridgehead atoms. The van der Waals surface area contributed by atoms with Gasteiger partial charge in [0.2, 0.25) is 0 Å². The molecule has 0 spiro atoms. The van der Waals surface area contributed by atoms with E-state index in [1.807, 2.05) is 0 Å². The fourth-order valence-corrected chi connectivity index (χ4v) is 0.626. The molecule has 0 aliphatic rings. The molecule has 114 valence electrons. The molecule has 0 fully saturated rings. The predicted molar refractivity (Wildman–Crippen MR) is 63.5 cm³/mol. The van der Waals surface area contributed by atoms with Crippen molar-refractivity contribution in [2.75, 3.05) is 14.2 Å². The maximum Gasteiger partial charge on any atom is 0.537 e. The summed E-state index contributed by atoms with van der Waals surface area (Å²) in [4.78, 5) is 27.1. The number of rotatable bonds is 3. The van der Waals surface area contributed by atoms with Crippen molar-refractivity contribution in [1.29, 1.82) is 0 Å². The molecule has 0 saturated carbocycles. The number of aliphatic carboxylic acids is 2. The van der Waals surface area contributed by atoms with E-state index in [1.54, 1.807) is 25.6 Å². The zero-order valence-electron chi connectivity index (χ0n) is 11.6. The van der Waals surface area contributed by atoms with Crippen molar-refractivity contribution < 1.29 is 39.2 Å². The number of carboxylic acids is 2. The number of carbonyl (C=O) groups excluding carboxylic acids is 1. The Balaban J connectivity index is 0. The van der Waals surface area contributed by atoms with Gasteiger partial charge in [0, 0.05) is 12.0 Å². The van der Waals surface area contributed by atoms with Gasteiger partial charge in [-0.1, -0.05) is 0 Å². The largest absolute Gasteiger partial charge is 0.550 e. The number of carboxylic acid groups (broad SMARTS) is 2. The fourth-order valence-electron chi connectivity index (χ4n) is 0.626. The first kappa shape index (κ1) is 19.9. The molecule has 0 aromatic carbocycles. The number of aliphatic hydroxyl groups is 1. The second-order valence-corrected chi connectivity index (χ2v) is 3.12. The summed E-state index contributed by atoms with van der Waals surface area (Å²) >= 11 is 0. The first-order valence-electron chi connectivity index (χ1n) is 5.29. The third kappa shape index (κ3) is 12.0. The lowest BCUT2D eigenvalue weighted by molar-refractivity contribution is -0.889. The maximum atomic E-state index is 9.45. The lowest BCUT2D eigenvalue weighted by Gasteiger charge is -1.95. The standard InChI is InChI=1S/C6H9N2O2.C3H6O3.C2H4O2/c1-9-6-7-4-3-5-8(6)10-2;1-2(4)3(5)6;1-2(3)4/h3-5H,1-2H3;2,4H,1H3,(H,5,6);1H3,(H,3,4)/q+1;;/p-1. The highest BCUT2D eigenvalue weighted by molar-refractivity contribution is 5.71. The van der Waals surface area contributed by atoms with E-state index in [1.165, 1.54) is 18.8 Å². The van der Waals surface area contributed by atoms with Crippen LogP contribution in [0.15, 0.2) is 18.5 Å². The van der Waals surface area contributed by atoms with Crippen LogP contribution in [-0.2, 0) is 9.59 Å². The second-order valence-electron chi connectivity index (χ2n) is 3.12. The summed E-state index contributed by atoms with van der Waals surface area (Å²) < 4.78 is 6.29. The van der Waals surface area contributed by atoms with E-state index < -0.39 is 18.0 Å². The molecule has 1 atom stereocenters. The van der Waals surface area contributed by atoms with Crippen molar-refractivity contribution in [3.63, 3.8) is 0 Å². The highest BCUT2D eigenvalue weighted by Gasteiger charge is 2.09. The van der Waals surface area contributed by atoms with Crippen molar-refractivity contribution >= 4 is 11.9 Å². The Hall–Kier alpha value is -2.42. The molecule has 0 radical (unpaired) electrons. The van der Waals surface area contributed by atoms with Crippen LogP contribution in [0.2, 0.25) is 0 Å². The van der Waals surface area contributed by atoms with Gasteiger partial charge in [0.1, 0.15) is 25.6 Å². The van der Waals surface area contributed by atoms with Crippen molar-refractivity contribution in [1.82, 2.24) is 4.98 Å². The van der Waals surface area contributed by atoms with E-state index in [4.69, 9.17) is 29.7 Å². The van der Waals surface area contributed by atoms with Gasteiger partial charge < -0.3 is 29.7 Å². The number of methoxy groups -OCH3 is 1. The van der Waals surface area contributed by atoms with Crippen LogP contribution in [-0.4, -0.2) is 47.5 Å². The number of hydrogen-bond acceptors (Lipinski definition) is 7. The molecule has 20 heavy (non-hydrogen) atoms. The molecule has 0 amide bonds. The zero-order chi connectivity index (χ0) is 16.1. The summed E-state index contributed by atoms with van der Waals surface area (Å²) in [5.74, 6) is -2.27. The number of aromatic nitrogens is 2. The summed E-state index contributed by atoms with van der Waals surface area (Å²) in [5.41, 5.74) is 0. The van der Waals surface area contributed by atoms with Gasteiger partial charge in [0.15, 0.2) is 0 Å². The van der Waals surface area contributed by atoms with Gasteiger partial charge in [-0.25, -0.2) is 4.79 Å². The first-order chi connectivity index (χ1) is 9.26. The summed E-state index contributed by atoms with van der Waals surface area (Å²) in [5, 5.41) is 24.7. The van der Waals surface area contributed by atoms with E-state index in [-0.39, 0.29) is 0 Å². The average Bonchev–Trinajstić information content (AvgIpc) is 2.38. The van der Waals surface area contributed by atoms with Gasteiger partial charge in [0.05, 0.1) is 7.11 Å². The van der Waals surface area contributed by atoms with Crippen LogP contribution in [0.4, 0.5) is 0 Å². The molecule has 0 saturated heterocycles. The van der Waals surface area contributed by atoms with Gasteiger partial charge in [-0.2, -0.15) is 0 Å². The molecular formula is C11H18N2O7. The van der Waals surface area contributed by atoms with Crippen LogP contribution in [0, 0.1) is 0 Å². The molecule has 2 N–H and O–H groups in total. The number of ether oxygens (including phenoxy) is 1. The number of carbonyl (C=O) groups is 2. The number of aliphatic hydroxyl groups excluding tert-OH is 1. The zero-order valence-corrected chi connectivity index (χ0v) is 11.6. The molecule has 1 rings (SSSR count). The summed E-state index contributed by atoms with van der Waals surface area (Å²) in [6.07, 6.45) is 2.12. The van der Waals surface area contributed by atoms with Crippen LogP contribution in [0.3, 0.4) is 0 Å². The van der Waals surface area contributed by atoms with Crippen molar-refractivity contribution in [3.8, 4) is 6.01 Å². The Bertz CT molecular complexity index is 383. The molecule has 9 heteroatoms. The number of hydrogen-bond donors (Lipinski definition) is 2. The SMILES string of the molecule is CC(=O)[O-].CC(O)C(=O)O.COc1nccc[n+]1OC. The fraction of sp³-hybridized carbons (Fsp3) is 0.455. The van der Waals surface area contributed by atoms with Crippen LogP contribution in [0.25, 0.3) is 0 Å². The van der Waals surface area contributed by atoms with Crippen LogP contribution in [0.1, 0.15) is 13.8 Å². The third-order valence-electron chi connectivity index (χ3n) is 1.42. The Labute approximate surface area is 116 Å². The van der Waals surface area contributed by atoms with E-state index in [0.717, 1.165) is 6.92 Å². The van der Waals surface area contributed by atoms with Crippen LogP contribution >= 0.6 is 0 Å².